The molecule has 0 aliphatic carbocycles. The van der Waals surface area contributed by atoms with Crippen molar-refractivity contribution in [3.8, 4) is 0 Å². The third kappa shape index (κ3) is 4.05. The summed E-state index contributed by atoms with van der Waals surface area (Å²) in [5.74, 6) is -2.48. The number of fused-ring (bicyclic) bond motifs is 1. The lowest BCUT2D eigenvalue weighted by Gasteiger charge is -2.38. The molecule has 3 saturated heterocycles. The summed E-state index contributed by atoms with van der Waals surface area (Å²) in [7, 11) is 0. The van der Waals surface area contributed by atoms with Gasteiger partial charge < -0.3 is 25.4 Å². The standard InChI is InChI=1S/C25H34BrN3O5/c1-4-5-11-27-23(32)21-25-12-16(26)20(34-25)18(22(31)28-15-9-7-6-8-10-15)19(25)24(33)29(21)17(13-30)14(2)3/h6-10,14,16-21,30H,4-5,11-13H2,1-3H3,(H,27,32)(H,28,31)/t16?,17-,18+,19-,20+,21?,25?/m0/s1. The summed E-state index contributed by atoms with van der Waals surface area (Å²) in [5, 5.41) is 16.1. The van der Waals surface area contributed by atoms with Gasteiger partial charge in [0.05, 0.1) is 30.6 Å². The highest BCUT2D eigenvalue weighted by Crippen LogP contribution is 2.60. The maximum atomic E-state index is 14.0. The summed E-state index contributed by atoms with van der Waals surface area (Å²) in [4.78, 5) is 42.3. The number of carbonyl (C=O) groups is 3. The van der Waals surface area contributed by atoms with Crippen molar-refractivity contribution < 1.29 is 24.2 Å². The first-order valence-electron chi connectivity index (χ1n) is 12.1. The predicted octanol–water partition coefficient (Wildman–Crippen LogP) is 2.31. The quantitative estimate of drug-likeness (QED) is 0.332. The van der Waals surface area contributed by atoms with Crippen LogP contribution in [-0.4, -0.2) is 69.5 Å². The number of benzene rings is 1. The van der Waals surface area contributed by atoms with Gasteiger partial charge >= 0.3 is 0 Å². The van der Waals surface area contributed by atoms with Crippen LogP contribution in [0.15, 0.2) is 30.3 Å². The number of nitrogens with one attached hydrogen (secondary N) is 2. The molecule has 34 heavy (non-hydrogen) atoms. The average Bonchev–Trinajstić information content (AvgIpc) is 3.39. The second-order valence-corrected chi connectivity index (χ2v) is 11.1. The largest absolute Gasteiger partial charge is 0.394 e. The molecule has 0 radical (unpaired) electrons. The highest BCUT2D eigenvalue weighted by Gasteiger charge is 2.77. The van der Waals surface area contributed by atoms with E-state index in [9.17, 15) is 19.5 Å². The van der Waals surface area contributed by atoms with Crippen molar-refractivity contribution in [3.63, 3.8) is 0 Å². The zero-order valence-electron chi connectivity index (χ0n) is 19.9. The number of alkyl halides is 1. The van der Waals surface area contributed by atoms with Crippen molar-refractivity contribution in [2.45, 2.75) is 68.6 Å². The van der Waals surface area contributed by atoms with E-state index in [1.54, 1.807) is 12.1 Å². The number of anilines is 1. The van der Waals surface area contributed by atoms with Gasteiger partial charge in [0.25, 0.3) is 0 Å². The number of ether oxygens (including phenoxy) is 1. The maximum absolute atomic E-state index is 14.0. The SMILES string of the molecule is CCCCNC(=O)C1N([C@@H](CO)C(C)C)C(=O)[C@@H]2[C@@H](C(=O)Nc3ccccc3)[C@@H]3OC12CC3Br. The average molecular weight is 536 g/mol. The molecular weight excluding hydrogens is 502 g/mol. The number of para-hydroxylation sites is 1. The predicted molar refractivity (Wildman–Crippen MR) is 131 cm³/mol. The first kappa shape index (κ1) is 25.1. The van der Waals surface area contributed by atoms with Crippen LogP contribution in [-0.2, 0) is 19.1 Å². The summed E-state index contributed by atoms with van der Waals surface area (Å²) < 4.78 is 6.47. The molecule has 1 aromatic rings. The van der Waals surface area contributed by atoms with Crippen molar-refractivity contribution in [3.05, 3.63) is 30.3 Å². The minimum absolute atomic E-state index is 0.0799. The fourth-order valence-electron chi connectivity index (χ4n) is 5.88. The molecule has 3 amide bonds. The summed E-state index contributed by atoms with van der Waals surface area (Å²) in [6.45, 7) is 6.10. The van der Waals surface area contributed by atoms with E-state index in [1.807, 2.05) is 39.0 Å². The number of likely N-dealkylation sites (tertiary alicyclic amines) is 1. The Morgan fingerprint density at radius 2 is 1.97 bits per heavy atom. The normalized spacial score (nSPS) is 32.7. The number of amides is 3. The fraction of sp³-hybridized carbons (Fsp3) is 0.640. The van der Waals surface area contributed by atoms with E-state index in [1.165, 1.54) is 4.90 Å². The van der Waals surface area contributed by atoms with Gasteiger partial charge in [-0.2, -0.15) is 0 Å². The molecule has 3 heterocycles. The molecule has 4 rings (SSSR count). The van der Waals surface area contributed by atoms with Crippen molar-refractivity contribution in [1.82, 2.24) is 10.2 Å². The lowest BCUT2D eigenvalue weighted by atomic mass is 9.70. The second kappa shape index (κ2) is 9.95. The molecule has 9 heteroatoms. The lowest BCUT2D eigenvalue weighted by molar-refractivity contribution is -0.146. The summed E-state index contributed by atoms with van der Waals surface area (Å²) in [6.07, 6.45) is 1.68. The van der Waals surface area contributed by atoms with E-state index >= 15 is 0 Å². The van der Waals surface area contributed by atoms with Crippen LogP contribution in [0.3, 0.4) is 0 Å². The van der Waals surface area contributed by atoms with Gasteiger partial charge in [-0.15, -0.1) is 0 Å². The number of unbranched alkanes of at least 4 members (excludes halogenated alkanes) is 1. The molecule has 1 aromatic carbocycles. The molecule has 2 bridgehead atoms. The molecule has 0 saturated carbocycles. The molecule has 1 spiro atoms. The van der Waals surface area contributed by atoms with Crippen LogP contribution in [0.4, 0.5) is 5.69 Å². The number of rotatable bonds is 9. The number of aliphatic hydroxyl groups excluding tert-OH is 1. The zero-order chi connectivity index (χ0) is 24.6. The third-order valence-corrected chi connectivity index (χ3v) is 8.31. The van der Waals surface area contributed by atoms with Crippen LogP contribution in [0.2, 0.25) is 0 Å². The van der Waals surface area contributed by atoms with Gasteiger partial charge in [-0.3, -0.25) is 14.4 Å². The summed E-state index contributed by atoms with van der Waals surface area (Å²) >= 11 is 3.67. The van der Waals surface area contributed by atoms with Gasteiger partial charge in [-0.1, -0.05) is 61.3 Å². The Bertz CT molecular complexity index is 928. The minimum Gasteiger partial charge on any atom is -0.394 e. The fourth-order valence-corrected chi connectivity index (χ4v) is 6.82. The van der Waals surface area contributed by atoms with Crippen LogP contribution in [0, 0.1) is 17.8 Å². The second-order valence-electron chi connectivity index (χ2n) is 9.90. The molecule has 3 aliphatic rings. The van der Waals surface area contributed by atoms with Crippen LogP contribution < -0.4 is 10.6 Å². The topological polar surface area (TPSA) is 108 Å². The molecule has 8 nitrogen and oxygen atoms in total. The lowest BCUT2D eigenvalue weighted by Crippen LogP contribution is -2.59. The molecule has 186 valence electrons. The minimum atomic E-state index is -1.12. The number of hydrogen-bond acceptors (Lipinski definition) is 5. The van der Waals surface area contributed by atoms with Crippen LogP contribution in [0.1, 0.15) is 40.0 Å². The Morgan fingerprint density at radius 1 is 1.26 bits per heavy atom. The smallest absolute Gasteiger partial charge is 0.245 e. The molecule has 7 atom stereocenters. The highest BCUT2D eigenvalue weighted by atomic mass is 79.9. The number of nitrogens with zero attached hydrogens (tertiary/aromatic N) is 1. The number of carbonyl (C=O) groups excluding carboxylic acids is 3. The Hall–Kier alpha value is -1.97. The monoisotopic (exact) mass is 535 g/mol. The van der Waals surface area contributed by atoms with Crippen molar-refractivity contribution in [1.29, 1.82) is 0 Å². The first-order chi connectivity index (χ1) is 16.3. The molecule has 3 unspecified atom stereocenters. The van der Waals surface area contributed by atoms with Gasteiger partial charge in [0, 0.05) is 17.1 Å². The Kier molecular flexibility index (Phi) is 7.36. The molecular formula is C25H34BrN3O5. The van der Waals surface area contributed by atoms with Gasteiger partial charge in [0.15, 0.2) is 0 Å². The summed E-state index contributed by atoms with van der Waals surface area (Å²) in [5.41, 5.74) is -0.477. The van der Waals surface area contributed by atoms with Gasteiger partial charge in [0.1, 0.15) is 11.6 Å². The molecule has 0 aromatic heterocycles. The van der Waals surface area contributed by atoms with Crippen molar-refractivity contribution in [2.75, 3.05) is 18.5 Å². The summed E-state index contributed by atoms with van der Waals surface area (Å²) in [6, 6.07) is 7.65. The Balaban J connectivity index is 1.72. The van der Waals surface area contributed by atoms with Crippen LogP contribution in [0.25, 0.3) is 0 Å². The highest BCUT2D eigenvalue weighted by molar-refractivity contribution is 9.09. The zero-order valence-corrected chi connectivity index (χ0v) is 21.5. The van der Waals surface area contributed by atoms with Crippen LogP contribution in [0.5, 0.6) is 0 Å². The Morgan fingerprint density at radius 3 is 2.59 bits per heavy atom. The third-order valence-electron chi connectivity index (χ3n) is 7.46. The van der Waals surface area contributed by atoms with E-state index in [-0.39, 0.29) is 35.1 Å². The Labute approximate surface area is 208 Å². The van der Waals surface area contributed by atoms with Gasteiger partial charge in [0.2, 0.25) is 17.7 Å². The van der Waals surface area contributed by atoms with Crippen molar-refractivity contribution in [2.24, 2.45) is 17.8 Å². The van der Waals surface area contributed by atoms with Gasteiger partial charge in [-0.25, -0.2) is 0 Å². The van der Waals surface area contributed by atoms with Gasteiger partial charge in [-0.05, 0) is 30.9 Å². The van der Waals surface area contributed by atoms with E-state index in [0.29, 0.717) is 18.7 Å². The molecule has 3 N–H and O–H groups in total. The van der Waals surface area contributed by atoms with Crippen molar-refractivity contribution >= 4 is 39.3 Å². The number of hydrogen-bond donors (Lipinski definition) is 3. The first-order valence-corrected chi connectivity index (χ1v) is 13.1. The van der Waals surface area contributed by atoms with E-state index in [4.69, 9.17) is 4.74 Å². The van der Waals surface area contributed by atoms with E-state index < -0.39 is 35.6 Å². The maximum Gasteiger partial charge on any atom is 0.245 e. The van der Waals surface area contributed by atoms with E-state index in [2.05, 4.69) is 26.6 Å². The molecule has 3 fully saturated rings. The molecule has 3 aliphatic heterocycles. The number of aliphatic hydroxyl groups is 1. The number of halogens is 1. The van der Waals surface area contributed by atoms with E-state index in [0.717, 1.165) is 12.8 Å². The van der Waals surface area contributed by atoms with Crippen LogP contribution >= 0.6 is 15.9 Å².